The summed E-state index contributed by atoms with van der Waals surface area (Å²) >= 11 is 0. The molecule has 14 heavy (non-hydrogen) atoms. The fourth-order valence-corrected chi connectivity index (χ4v) is 1.68. The summed E-state index contributed by atoms with van der Waals surface area (Å²) in [6.45, 7) is 0. The number of anilines is 1. The van der Waals surface area contributed by atoms with Gasteiger partial charge in [-0.2, -0.15) is 5.10 Å². The minimum atomic E-state index is 0.0654. The van der Waals surface area contributed by atoms with Gasteiger partial charge < -0.3 is 10.6 Å². The lowest BCUT2D eigenvalue weighted by atomic mass is 10.1. The number of likely N-dealkylation sites (tertiary alicyclic amines) is 1. The van der Waals surface area contributed by atoms with Crippen LogP contribution in [0.25, 0.3) is 0 Å². The summed E-state index contributed by atoms with van der Waals surface area (Å²) in [6, 6.07) is 3.59. The summed E-state index contributed by atoms with van der Waals surface area (Å²) in [7, 11) is 1.79. The maximum atomic E-state index is 11.3. The van der Waals surface area contributed by atoms with Crippen molar-refractivity contribution in [1.82, 2.24) is 15.1 Å². The van der Waals surface area contributed by atoms with Gasteiger partial charge in [0.1, 0.15) is 5.82 Å². The number of carbonyl (C=O) groups excluding carboxylic acids is 1. The van der Waals surface area contributed by atoms with E-state index in [-0.39, 0.29) is 11.9 Å². The molecule has 1 aliphatic heterocycles. The van der Waals surface area contributed by atoms with Crippen LogP contribution < -0.4 is 5.73 Å². The molecule has 2 N–H and O–H groups in total. The molecular weight excluding hydrogens is 180 g/mol. The monoisotopic (exact) mass is 192 g/mol. The Balaban J connectivity index is 2.23. The van der Waals surface area contributed by atoms with E-state index in [2.05, 4.69) is 10.2 Å². The van der Waals surface area contributed by atoms with E-state index in [0.717, 1.165) is 12.1 Å². The van der Waals surface area contributed by atoms with Crippen LogP contribution in [0.15, 0.2) is 12.1 Å². The molecule has 1 amide bonds. The average molecular weight is 192 g/mol. The lowest BCUT2D eigenvalue weighted by Gasteiger charge is -2.18. The molecule has 1 aliphatic rings. The third-order valence-corrected chi connectivity index (χ3v) is 2.54. The van der Waals surface area contributed by atoms with Gasteiger partial charge in [-0.3, -0.25) is 4.79 Å². The normalized spacial score (nSPS) is 21.6. The van der Waals surface area contributed by atoms with Crippen molar-refractivity contribution in [3.05, 3.63) is 17.8 Å². The Labute approximate surface area is 81.9 Å². The molecular formula is C9H12N4O. The smallest absolute Gasteiger partial charge is 0.222 e. The number of hydrogen-bond donors (Lipinski definition) is 1. The third-order valence-electron chi connectivity index (χ3n) is 2.54. The number of carbonyl (C=O) groups is 1. The Morgan fingerprint density at radius 1 is 1.50 bits per heavy atom. The summed E-state index contributed by atoms with van der Waals surface area (Å²) in [5.41, 5.74) is 6.25. The van der Waals surface area contributed by atoms with Gasteiger partial charge in [0.25, 0.3) is 0 Å². The highest BCUT2D eigenvalue weighted by atomic mass is 16.2. The van der Waals surface area contributed by atoms with Crippen LogP contribution in [0.2, 0.25) is 0 Å². The van der Waals surface area contributed by atoms with E-state index >= 15 is 0 Å². The molecule has 5 nitrogen and oxygen atoms in total. The highest BCUT2D eigenvalue weighted by molar-refractivity contribution is 5.78. The Morgan fingerprint density at radius 2 is 2.29 bits per heavy atom. The molecule has 0 aliphatic carbocycles. The second kappa shape index (κ2) is 3.25. The van der Waals surface area contributed by atoms with E-state index in [4.69, 9.17) is 5.73 Å². The van der Waals surface area contributed by atoms with Gasteiger partial charge in [0.2, 0.25) is 5.91 Å². The van der Waals surface area contributed by atoms with Crippen molar-refractivity contribution in [2.75, 3.05) is 12.8 Å². The molecule has 5 heteroatoms. The molecule has 2 rings (SSSR count). The molecule has 1 atom stereocenters. The van der Waals surface area contributed by atoms with Gasteiger partial charge in [-0.15, -0.1) is 5.10 Å². The minimum Gasteiger partial charge on any atom is -0.382 e. The van der Waals surface area contributed by atoms with Crippen LogP contribution in [0.5, 0.6) is 0 Å². The van der Waals surface area contributed by atoms with Crippen molar-refractivity contribution in [3.63, 3.8) is 0 Å². The van der Waals surface area contributed by atoms with Crippen LogP contribution in [0.1, 0.15) is 24.6 Å². The Bertz CT molecular complexity index is 348. The second-order valence-corrected chi connectivity index (χ2v) is 3.44. The molecule has 1 saturated heterocycles. The van der Waals surface area contributed by atoms with Crippen molar-refractivity contribution < 1.29 is 4.79 Å². The molecule has 0 aromatic carbocycles. The van der Waals surface area contributed by atoms with Gasteiger partial charge in [0.15, 0.2) is 0 Å². The number of amides is 1. The van der Waals surface area contributed by atoms with E-state index in [1.54, 1.807) is 18.0 Å². The zero-order valence-corrected chi connectivity index (χ0v) is 7.97. The van der Waals surface area contributed by atoms with E-state index in [0.29, 0.717) is 12.2 Å². The quantitative estimate of drug-likeness (QED) is 0.697. The minimum absolute atomic E-state index is 0.0654. The summed E-state index contributed by atoms with van der Waals surface area (Å²) in [5, 5.41) is 7.75. The van der Waals surface area contributed by atoms with Crippen LogP contribution in [0.3, 0.4) is 0 Å². The van der Waals surface area contributed by atoms with E-state index in [1.165, 1.54) is 0 Å². The van der Waals surface area contributed by atoms with Gasteiger partial charge in [-0.1, -0.05) is 0 Å². The lowest BCUT2D eigenvalue weighted by Crippen LogP contribution is -2.23. The summed E-state index contributed by atoms with van der Waals surface area (Å²) in [6.07, 6.45) is 1.40. The van der Waals surface area contributed by atoms with Crippen LogP contribution in [0.4, 0.5) is 5.82 Å². The van der Waals surface area contributed by atoms with Gasteiger partial charge in [0, 0.05) is 13.5 Å². The molecule has 74 valence electrons. The second-order valence-electron chi connectivity index (χ2n) is 3.44. The predicted molar refractivity (Wildman–Crippen MR) is 51.2 cm³/mol. The maximum Gasteiger partial charge on any atom is 0.222 e. The van der Waals surface area contributed by atoms with Gasteiger partial charge in [-0.05, 0) is 18.6 Å². The zero-order valence-electron chi connectivity index (χ0n) is 7.97. The number of nitrogens with zero attached hydrogens (tertiary/aromatic N) is 3. The summed E-state index contributed by atoms with van der Waals surface area (Å²) in [5.74, 6) is 0.564. The zero-order chi connectivity index (χ0) is 10.1. The largest absolute Gasteiger partial charge is 0.382 e. The Hall–Kier alpha value is -1.65. The predicted octanol–water partition coefficient (Wildman–Crippen LogP) is 0.352. The van der Waals surface area contributed by atoms with Crippen LogP contribution >= 0.6 is 0 Å². The molecule has 0 saturated carbocycles. The number of nitrogen functional groups attached to an aromatic ring is 1. The van der Waals surface area contributed by atoms with Crippen LogP contribution in [-0.4, -0.2) is 28.1 Å². The van der Waals surface area contributed by atoms with Crippen molar-refractivity contribution in [1.29, 1.82) is 0 Å². The SMILES string of the molecule is CN1C(=O)CCC1c1ccc(N)nn1. The van der Waals surface area contributed by atoms with E-state index < -0.39 is 0 Å². The van der Waals surface area contributed by atoms with E-state index in [1.807, 2.05) is 6.07 Å². The van der Waals surface area contributed by atoms with Gasteiger partial charge >= 0.3 is 0 Å². The number of rotatable bonds is 1. The molecule has 1 unspecified atom stereocenters. The average Bonchev–Trinajstić information content (AvgIpc) is 2.50. The van der Waals surface area contributed by atoms with Crippen LogP contribution in [0, 0.1) is 0 Å². The van der Waals surface area contributed by atoms with Crippen molar-refractivity contribution >= 4 is 11.7 Å². The molecule has 0 bridgehead atoms. The molecule has 2 heterocycles. The first kappa shape index (κ1) is 8.93. The first-order chi connectivity index (χ1) is 6.68. The topological polar surface area (TPSA) is 72.1 Å². The molecule has 1 aromatic rings. The first-order valence-corrected chi connectivity index (χ1v) is 4.53. The Kier molecular flexibility index (Phi) is 2.07. The lowest BCUT2D eigenvalue weighted by molar-refractivity contribution is -0.127. The van der Waals surface area contributed by atoms with Crippen molar-refractivity contribution in [3.8, 4) is 0 Å². The summed E-state index contributed by atoms with van der Waals surface area (Å²) < 4.78 is 0. The molecule has 1 fully saturated rings. The van der Waals surface area contributed by atoms with Gasteiger partial charge in [-0.25, -0.2) is 0 Å². The van der Waals surface area contributed by atoms with Crippen LogP contribution in [-0.2, 0) is 4.79 Å². The van der Waals surface area contributed by atoms with Crippen molar-refractivity contribution in [2.24, 2.45) is 0 Å². The fourth-order valence-electron chi connectivity index (χ4n) is 1.68. The fraction of sp³-hybridized carbons (Fsp3) is 0.444. The maximum absolute atomic E-state index is 11.3. The molecule has 0 radical (unpaired) electrons. The molecule has 1 aromatic heterocycles. The number of nitrogens with two attached hydrogens (primary N) is 1. The third kappa shape index (κ3) is 1.41. The van der Waals surface area contributed by atoms with Crippen molar-refractivity contribution in [2.45, 2.75) is 18.9 Å². The Morgan fingerprint density at radius 3 is 2.79 bits per heavy atom. The standard InChI is InChI=1S/C9H12N4O/c1-13-7(3-5-9(13)14)6-2-4-8(10)12-11-6/h2,4,7H,3,5H2,1H3,(H2,10,12). The van der Waals surface area contributed by atoms with E-state index in [9.17, 15) is 4.79 Å². The highest BCUT2D eigenvalue weighted by Crippen LogP contribution is 2.29. The highest BCUT2D eigenvalue weighted by Gasteiger charge is 2.29. The first-order valence-electron chi connectivity index (χ1n) is 4.53. The summed E-state index contributed by atoms with van der Waals surface area (Å²) in [4.78, 5) is 13.0. The number of aromatic nitrogens is 2. The molecule has 0 spiro atoms. The number of hydrogen-bond acceptors (Lipinski definition) is 4. The van der Waals surface area contributed by atoms with Gasteiger partial charge in [0.05, 0.1) is 11.7 Å².